The number of nitrogens with zero attached hydrogens (tertiary/aromatic N) is 3. The summed E-state index contributed by atoms with van der Waals surface area (Å²) < 4.78 is 7.79. The second kappa shape index (κ2) is 14.2. The summed E-state index contributed by atoms with van der Waals surface area (Å²) in [6.45, 7) is 7.46. The molecule has 9 nitrogen and oxygen atoms in total. The Kier molecular flexibility index (Phi) is 9.97. The quantitative estimate of drug-likeness (QED) is 0.192. The molecule has 0 saturated carbocycles. The maximum atomic E-state index is 13.3. The number of ether oxygens (including phenoxy) is 1. The van der Waals surface area contributed by atoms with Gasteiger partial charge in [0.1, 0.15) is 11.8 Å². The lowest BCUT2D eigenvalue weighted by Crippen LogP contribution is -2.40. The Hall–Kier alpha value is -4.92. The van der Waals surface area contributed by atoms with Gasteiger partial charge in [-0.15, -0.1) is 0 Å². The number of aliphatic carboxylic acids is 1. The van der Waals surface area contributed by atoms with Gasteiger partial charge in [0.2, 0.25) is 5.91 Å². The van der Waals surface area contributed by atoms with Crippen LogP contribution in [0, 0.1) is 13.8 Å². The van der Waals surface area contributed by atoms with Gasteiger partial charge in [0.05, 0.1) is 19.3 Å². The van der Waals surface area contributed by atoms with Gasteiger partial charge < -0.3 is 20.1 Å². The van der Waals surface area contributed by atoms with E-state index in [-0.39, 0.29) is 5.91 Å². The molecule has 4 aromatic rings. The molecule has 0 unspecified atom stereocenters. The summed E-state index contributed by atoms with van der Waals surface area (Å²) in [7, 11) is 0. The number of aryl methyl sites for hydroxylation is 1. The van der Waals surface area contributed by atoms with Crippen LogP contribution in [0.25, 0.3) is 11.1 Å². The molecule has 2 N–H and O–H groups in total. The molecule has 45 heavy (non-hydrogen) atoms. The Morgan fingerprint density at radius 3 is 2.67 bits per heavy atom. The van der Waals surface area contributed by atoms with Crippen LogP contribution in [0.5, 0.6) is 5.75 Å². The number of rotatable bonds is 12. The monoisotopic (exact) mass is 608 g/mol. The van der Waals surface area contributed by atoms with Crippen LogP contribution in [0.1, 0.15) is 65.2 Å². The average molecular weight is 609 g/mol. The molecule has 5 rings (SSSR count). The van der Waals surface area contributed by atoms with E-state index in [4.69, 9.17) is 4.74 Å². The Morgan fingerprint density at radius 2 is 1.87 bits per heavy atom. The Labute approximate surface area is 263 Å². The molecule has 1 aromatic heterocycles. The number of carbonyl (C=O) groups excluding carboxylic acids is 2. The lowest BCUT2D eigenvalue weighted by molar-refractivity contribution is -0.139. The zero-order valence-corrected chi connectivity index (χ0v) is 26.1. The Balaban J connectivity index is 1.24. The number of benzene rings is 3. The van der Waals surface area contributed by atoms with E-state index in [1.807, 2.05) is 59.2 Å². The molecule has 1 aliphatic rings. The lowest BCUT2D eigenvalue weighted by Gasteiger charge is -2.31. The maximum Gasteiger partial charge on any atom is 0.326 e. The maximum absolute atomic E-state index is 13.3. The number of aromatic nitrogens is 2. The third-order valence-electron chi connectivity index (χ3n) is 8.39. The van der Waals surface area contributed by atoms with Crippen molar-refractivity contribution in [2.75, 3.05) is 18.1 Å². The molecule has 234 valence electrons. The molecule has 0 aliphatic carbocycles. The zero-order valence-electron chi connectivity index (χ0n) is 26.1. The number of hydrogen-bond acceptors (Lipinski definition) is 5. The second-order valence-electron chi connectivity index (χ2n) is 11.5. The van der Waals surface area contributed by atoms with E-state index >= 15 is 0 Å². The molecule has 0 fully saturated rings. The van der Waals surface area contributed by atoms with E-state index in [1.165, 1.54) is 5.56 Å². The average Bonchev–Trinajstić information content (AvgIpc) is 3.51. The van der Waals surface area contributed by atoms with Crippen molar-refractivity contribution in [1.29, 1.82) is 0 Å². The summed E-state index contributed by atoms with van der Waals surface area (Å²) >= 11 is 0. The molecule has 1 aliphatic heterocycles. The van der Waals surface area contributed by atoms with Crippen LogP contribution in [-0.4, -0.2) is 51.9 Å². The molecular weight excluding hydrogens is 568 g/mol. The van der Waals surface area contributed by atoms with Gasteiger partial charge in [0.15, 0.2) is 0 Å². The summed E-state index contributed by atoms with van der Waals surface area (Å²) in [5.41, 5.74) is 7.71. The molecule has 0 spiro atoms. The van der Waals surface area contributed by atoms with Crippen molar-refractivity contribution in [3.05, 3.63) is 101 Å². The molecule has 0 saturated heterocycles. The minimum absolute atomic E-state index is 0.103. The molecule has 3 aromatic carbocycles. The number of hydrogen-bond donors (Lipinski definition) is 2. The van der Waals surface area contributed by atoms with E-state index in [2.05, 4.69) is 29.5 Å². The van der Waals surface area contributed by atoms with Crippen LogP contribution in [-0.2, 0) is 22.6 Å². The van der Waals surface area contributed by atoms with Gasteiger partial charge in [-0.25, -0.2) is 4.79 Å². The fourth-order valence-electron chi connectivity index (χ4n) is 5.74. The molecule has 2 amide bonds. The number of amides is 2. The third-order valence-corrected chi connectivity index (χ3v) is 8.39. The number of carboxylic acids is 1. The summed E-state index contributed by atoms with van der Waals surface area (Å²) in [5.74, 6) is -0.503. The van der Waals surface area contributed by atoms with Crippen molar-refractivity contribution in [3.8, 4) is 16.9 Å². The number of nitrogens with one attached hydrogen (secondary N) is 1. The molecule has 9 heteroatoms. The number of carboxylic acid groups (broad SMARTS) is 1. The highest BCUT2D eigenvalue weighted by atomic mass is 16.5. The Bertz CT molecular complexity index is 1690. The van der Waals surface area contributed by atoms with Crippen molar-refractivity contribution in [2.45, 2.75) is 65.5 Å². The number of anilines is 1. The summed E-state index contributed by atoms with van der Waals surface area (Å²) in [5, 5.41) is 16.4. The number of fused-ring (bicyclic) bond motifs is 1. The Morgan fingerprint density at radius 1 is 1.07 bits per heavy atom. The first-order valence-electron chi connectivity index (χ1n) is 15.5. The molecule has 0 radical (unpaired) electrons. The van der Waals surface area contributed by atoms with E-state index in [0.29, 0.717) is 44.5 Å². The molecule has 2 heterocycles. The van der Waals surface area contributed by atoms with Crippen molar-refractivity contribution in [1.82, 2.24) is 15.1 Å². The van der Waals surface area contributed by atoms with Gasteiger partial charge in [-0.1, -0.05) is 43.3 Å². The fourth-order valence-corrected chi connectivity index (χ4v) is 5.74. The van der Waals surface area contributed by atoms with Crippen molar-refractivity contribution < 1.29 is 24.2 Å². The minimum Gasteiger partial charge on any atom is -0.493 e. The molecule has 0 bridgehead atoms. The van der Waals surface area contributed by atoms with Crippen LogP contribution in [0.15, 0.2) is 73.1 Å². The van der Waals surface area contributed by atoms with Crippen molar-refractivity contribution in [2.24, 2.45) is 0 Å². The standard InChI is InChI=1S/C36H40N4O5/c1-4-31(36(43)44)38-35(42)27-12-6-11-26(20-27)22-39-23-28(21-37-39)29-13-7-15-32-30(29)14-8-18-40(32)34(41)17-9-19-45-33-16-5-10-24(2)25(33)3/h5-7,10-13,15-16,20-21,23,31H,4,8-9,14,17-19,22H2,1-3H3,(H,38,42)(H,43,44)/t31-/m0/s1. The van der Waals surface area contributed by atoms with Crippen LogP contribution < -0.4 is 15.0 Å². The topological polar surface area (TPSA) is 114 Å². The second-order valence-corrected chi connectivity index (χ2v) is 11.5. The van der Waals surface area contributed by atoms with Crippen LogP contribution in [0.3, 0.4) is 0 Å². The predicted molar refractivity (Wildman–Crippen MR) is 174 cm³/mol. The van der Waals surface area contributed by atoms with Gasteiger partial charge in [-0.3, -0.25) is 14.3 Å². The summed E-state index contributed by atoms with van der Waals surface area (Å²) in [6, 6.07) is 18.3. The van der Waals surface area contributed by atoms with E-state index < -0.39 is 17.9 Å². The van der Waals surface area contributed by atoms with Gasteiger partial charge in [-0.2, -0.15) is 5.10 Å². The molecule has 1 atom stereocenters. The van der Waals surface area contributed by atoms with E-state index in [0.717, 1.165) is 52.1 Å². The first-order chi connectivity index (χ1) is 21.7. The fraction of sp³-hybridized carbons (Fsp3) is 0.333. The lowest BCUT2D eigenvalue weighted by atomic mass is 9.93. The first kappa shape index (κ1) is 31.5. The highest BCUT2D eigenvalue weighted by Crippen LogP contribution is 2.36. The smallest absolute Gasteiger partial charge is 0.326 e. The van der Waals surface area contributed by atoms with Crippen LogP contribution in [0.4, 0.5) is 5.69 Å². The third kappa shape index (κ3) is 7.42. The van der Waals surface area contributed by atoms with Crippen LogP contribution >= 0.6 is 0 Å². The number of carbonyl (C=O) groups is 3. The van der Waals surface area contributed by atoms with Gasteiger partial charge >= 0.3 is 5.97 Å². The van der Waals surface area contributed by atoms with Crippen molar-refractivity contribution in [3.63, 3.8) is 0 Å². The highest BCUT2D eigenvalue weighted by molar-refractivity contribution is 5.97. The largest absolute Gasteiger partial charge is 0.493 e. The summed E-state index contributed by atoms with van der Waals surface area (Å²) in [6.07, 6.45) is 6.93. The first-order valence-corrected chi connectivity index (χ1v) is 15.5. The van der Waals surface area contributed by atoms with Crippen molar-refractivity contribution >= 4 is 23.5 Å². The van der Waals surface area contributed by atoms with Gasteiger partial charge in [0.25, 0.3) is 5.91 Å². The molecular formula is C36H40N4O5. The minimum atomic E-state index is -1.06. The normalized spacial score (nSPS) is 13.2. The van der Waals surface area contributed by atoms with E-state index in [1.54, 1.807) is 25.1 Å². The SMILES string of the molecule is CC[C@H](NC(=O)c1cccc(Cn2cc(-c3cccc4c3CCCN4C(=O)CCCOc3cccc(C)c3C)cn2)c1)C(=O)O. The van der Waals surface area contributed by atoms with Crippen LogP contribution in [0.2, 0.25) is 0 Å². The van der Waals surface area contributed by atoms with Gasteiger partial charge in [-0.05, 0) is 91.6 Å². The zero-order chi connectivity index (χ0) is 31.9. The van der Waals surface area contributed by atoms with E-state index in [9.17, 15) is 19.5 Å². The predicted octanol–water partition coefficient (Wildman–Crippen LogP) is 5.95. The van der Waals surface area contributed by atoms with Gasteiger partial charge in [0, 0.05) is 36.0 Å². The summed E-state index contributed by atoms with van der Waals surface area (Å²) in [4.78, 5) is 39.2. The highest BCUT2D eigenvalue weighted by Gasteiger charge is 2.25.